The standard InChI is InChI=1S/C24H43NO/c1-2-3-4-5-6-7-8-9-10-11-12-13-14-15-16-19-22-26-24-21-18-17-20-23(24)25/h17-18,20-21H,2-16,19,22,25H2,1H3. The van der Waals surface area contributed by atoms with Gasteiger partial charge < -0.3 is 10.5 Å². The summed E-state index contributed by atoms with van der Waals surface area (Å²) in [5, 5.41) is 0. The smallest absolute Gasteiger partial charge is 0.142 e. The molecule has 0 heterocycles. The van der Waals surface area contributed by atoms with Crippen molar-refractivity contribution in [1.29, 1.82) is 0 Å². The third kappa shape index (κ3) is 13.1. The maximum atomic E-state index is 5.87. The molecule has 0 unspecified atom stereocenters. The van der Waals surface area contributed by atoms with Crippen molar-refractivity contribution < 1.29 is 4.74 Å². The zero-order valence-corrected chi connectivity index (χ0v) is 17.3. The van der Waals surface area contributed by atoms with Crippen molar-refractivity contribution in [3.63, 3.8) is 0 Å². The molecular weight excluding hydrogens is 318 g/mol. The van der Waals surface area contributed by atoms with Gasteiger partial charge in [-0.2, -0.15) is 0 Å². The SMILES string of the molecule is CCCCCCCCCCCCCCCCCCOc1ccccc1N. The molecule has 1 aromatic carbocycles. The van der Waals surface area contributed by atoms with Crippen molar-refractivity contribution in [2.75, 3.05) is 12.3 Å². The van der Waals surface area contributed by atoms with E-state index in [9.17, 15) is 0 Å². The Morgan fingerprint density at radius 3 is 1.50 bits per heavy atom. The Labute approximate surface area is 162 Å². The van der Waals surface area contributed by atoms with Crippen molar-refractivity contribution in [2.45, 2.75) is 110 Å². The first kappa shape index (κ1) is 22.9. The molecule has 1 aromatic rings. The largest absolute Gasteiger partial charge is 0.491 e. The van der Waals surface area contributed by atoms with Gasteiger partial charge in [0, 0.05) is 0 Å². The fourth-order valence-electron chi connectivity index (χ4n) is 3.44. The molecule has 0 fully saturated rings. The van der Waals surface area contributed by atoms with Gasteiger partial charge in [-0.1, -0.05) is 115 Å². The van der Waals surface area contributed by atoms with Crippen LogP contribution in [-0.2, 0) is 0 Å². The molecule has 150 valence electrons. The van der Waals surface area contributed by atoms with Gasteiger partial charge in [0.05, 0.1) is 12.3 Å². The highest BCUT2D eigenvalue weighted by Gasteiger charge is 1.98. The monoisotopic (exact) mass is 361 g/mol. The molecule has 0 saturated carbocycles. The lowest BCUT2D eigenvalue weighted by Crippen LogP contribution is -2.00. The third-order valence-electron chi connectivity index (χ3n) is 5.17. The van der Waals surface area contributed by atoms with Crippen molar-refractivity contribution in [1.82, 2.24) is 0 Å². The molecule has 0 bridgehead atoms. The number of hydrogen-bond donors (Lipinski definition) is 1. The van der Waals surface area contributed by atoms with E-state index >= 15 is 0 Å². The van der Waals surface area contributed by atoms with Crippen LogP contribution in [0, 0.1) is 0 Å². The zero-order chi connectivity index (χ0) is 18.7. The Morgan fingerprint density at radius 1 is 0.615 bits per heavy atom. The maximum Gasteiger partial charge on any atom is 0.142 e. The van der Waals surface area contributed by atoms with Gasteiger partial charge in [-0.25, -0.2) is 0 Å². The van der Waals surface area contributed by atoms with E-state index in [-0.39, 0.29) is 0 Å². The van der Waals surface area contributed by atoms with Gasteiger partial charge in [0.1, 0.15) is 5.75 Å². The molecule has 2 nitrogen and oxygen atoms in total. The fourth-order valence-corrected chi connectivity index (χ4v) is 3.44. The number of rotatable bonds is 18. The van der Waals surface area contributed by atoms with E-state index in [1.165, 1.54) is 96.3 Å². The van der Waals surface area contributed by atoms with Gasteiger partial charge in [-0.3, -0.25) is 0 Å². The van der Waals surface area contributed by atoms with Gasteiger partial charge in [-0.05, 0) is 18.6 Å². The van der Waals surface area contributed by atoms with Gasteiger partial charge in [-0.15, -0.1) is 0 Å². The third-order valence-corrected chi connectivity index (χ3v) is 5.17. The average molecular weight is 362 g/mol. The maximum absolute atomic E-state index is 5.87. The Bertz CT molecular complexity index is 418. The van der Waals surface area contributed by atoms with Gasteiger partial charge in [0.25, 0.3) is 0 Å². The Balaban J connectivity index is 1.74. The van der Waals surface area contributed by atoms with E-state index in [0.29, 0.717) is 0 Å². The molecule has 0 atom stereocenters. The summed E-state index contributed by atoms with van der Waals surface area (Å²) in [7, 11) is 0. The number of nitrogens with two attached hydrogens (primary N) is 1. The summed E-state index contributed by atoms with van der Waals surface area (Å²) in [5.74, 6) is 0.827. The van der Waals surface area contributed by atoms with E-state index in [1.54, 1.807) is 0 Å². The first-order valence-corrected chi connectivity index (χ1v) is 11.3. The van der Waals surface area contributed by atoms with Crippen LogP contribution in [0.3, 0.4) is 0 Å². The van der Waals surface area contributed by atoms with Crippen molar-refractivity contribution in [2.24, 2.45) is 0 Å². The topological polar surface area (TPSA) is 35.2 Å². The van der Waals surface area contributed by atoms with Crippen LogP contribution in [0.5, 0.6) is 5.75 Å². The molecule has 2 N–H and O–H groups in total. The molecule has 1 rings (SSSR count). The Morgan fingerprint density at radius 2 is 1.04 bits per heavy atom. The molecule has 0 aromatic heterocycles. The van der Waals surface area contributed by atoms with E-state index in [0.717, 1.165) is 24.5 Å². The minimum atomic E-state index is 0.740. The number of unbranched alkanes of at least 4 members (excludes halogenated alkanes) is 15. The first-order chi connectivity index (χ1) is 12.8. The molecule has 0 aliphatic carbocycles. The van der Waals surface area contributed by atoms with E-state index in [2.05, 4.69) is 6.92 Å². The molecule has 26 heavy (non-hydrogen) atoms. The molecule has 0 amide bonds. The van der Waals surface area contributed by atoms with Crippen LogP contribution in [0.25, 0.3) is 0 Å². The van der Waals surface area contributed by atoms with Crippen LogP contribution in [0.4, 0.5) is 5.69 Å². The Hall–Kier alpha value is -1.18. The van der Waals surface area contributed by atoms with Crippen LogP contribution in [0.1, 0.15) is 110 Å². The van der Waals surface area contributed by atoms with Gasteiger partial charge >= 0.3 is 0 Å². The second-order valence-corrected chi connectivity index (χ2v) is 7.69. The van der Waals surface area contributed by atoms with Crippen molar-refractivity contribution >= 4 is 5.69 Å². The lowest BCUT2D eigenvalue weighted by atomic mass is 10.0. The molecular formula is C24H43NO. The molecule has 0 aliphatic heterocycles. The minimum absolute atomic E-state index is 0.740. The molecule has 0 radical (unpaired) electrons. The molecule has 0 saturated heterocycles. The number of benzene rings is 1. The first-order valence-electron chi connectivity index (χ1n) is 11.3. The summed E-state index contributed by atoms with van der Waals surface area (Å²) in [6.07, 6.45) is 22.3. The van der Waals surface area contributed by atoms with Crippen molar-refractivity contribution in [3.8, 4) is 5.75 Å². The van der Waals surface area contributed by atoms with Crippen LogP contribution in [-0.4, -0.2) is 6.61 Å². The number of ether oxygens (including phenoxy) is 1. The van der Waals surface area contributed by atoms with Gasteiger partial charge in [0.2, 0.25) is 0 Å². The molecule has 0 spiro atoms. The summed E-state index contributed by atoms with van der Waals surface area (Å²) in [4.78, 5) is 0. The number of para-hydroxylation sites is 2. The number of nitrogen functional groups attached to an aromatic ring is 1. The minimum Gasteiger partial charge on any atom is -0.491 e. The van der Waals surface area contributed by atoms with Crippen molar-refractivity contribution in [3.05, 3.63) is 24.3 Å². The number of anilines is 1. The average Bonchev–Trinajstić information content (AvgIpc) is 2.65. The van der Waals surface area contributed by atoms with E-state index in [4.69, 9.17) is 10.5 Å². The summed E-state index contributed by atoms with van der Waals surface area (Å²) in [5.41, 5.74) is 6.61. The quantitative estimate of drug-likeness (QED) is 0.213. The zero-order valence-electron chi connectivity index (χ0n) is 17.3. The highest BCUT2D eigenvalue weighted by atomic mass is 16.5. The highest BCUT2D eigenvalue weighted by molar-refractivity contribution is 5.51. The van der Waals surface area contributed by atoms with E-state index < -0.39 is 0 Å². The predicted molar refractivity (Wildman–Crippen MR) is 116 cm³/mol. The van der Waals surface area contributed by atoms with Gasteiger partial charge in [0.15, 0.2) is 0 Å². The fraction of sp³-hybridized carbons (Fsp3) is 0.750. The van der Waals surface area contributed by atoms with Crippen LogP contribution in [0.15, 0.2) is 24.3 Å². The predicted octanol–water partition coefficient (Wildman–Crippen LogP) is 7.91. The second-order valence-electron chi connectivity index (χ2n) is 7.69. The van der Waals surface area contributed by atoms with E-state index in [1.807, 2.05) is 24.3 Å². The summed E-state index contributed by atoms with van der Waals surface area (Å²) in [6, 6.07) is 7.75. The normalized spacial score (nSPS) is 11.0. The van der Waals surface area contributed by atoms with Crippen LogP contribution < -0.4 is 10.5 Å². The molecule has 2 heteroatoms. The number of hydrogen-bond acceptors (Lipinski definition) is 2. The second kappa shape index (κ2) is 17.2. The van der Waals surface area contributed by atoms with Crippen LogP contribution >= 0.6 is 0 Å². The summed E-state index contributed by atoms with van der Waals surface area (Å²) < 4.78 is 5.73. The lowest BCUT2D eigenvalue weighted by molar-refractivity contribution is 0.306. The Kier molecular flexibility index (Phi) is 15.2. The van der Waals surface area contributed by atoms with Crippen LogP contribution in [0.2, 0.25) is 0 Å². The lowest BCUT2D eigenvalue weighted by Gasteiger charge is -2.08. The summed E-state index contributed by atoms with van der Waals surface area (Å²) in [6.45, 7) is 3.07. The molecule has 0 aliphatic rings. The highest BCUT2D eigenvalue weighted by Crippen LogP contribution is 2.20. The summed E-state index contributed by atoms with van der Waals surface area (Å²) >= 11 is 0.